The van der Waals surface area contributed by atoms with E-state index in [1.165, 1.54) is 4.31 Å². The minimum atomic E-state index is -3.69. The topological polar surface area (TPSA) is 112 Å². The van der Waals surface area contributed by atoms with Crippen molar-refractivity contribution in [3.63, 3.8) is 0 Å². The highest BCUT2D eigenvalue weighted by molar-refractivity contribution is 7.89. The number of imidazole rings is 1. The number of aromatic nitrogens is 3. The predicted octanol–water partition coefficient (Wildman–Crippen LogP) is 1.31. The lowest BCUT2D eigenvalue weighted by Crippen LogP contribution is -2.50. The van der Waals surface area contributed by atoms with E-state index in [1.807, 2.05) is 0 Å². The molecule has 0 unspecified atom stereocenters. The first-order valence-electron chi connectivity index (χ1n) is 8.53. The number of aromatic amines is 1. The van der Waals surface area contributed by atoms with Gasteiger partial charge in [0.05, 0.1) is 17.4 Å². The van der Waals surface area contributed by atoms with E-state index in [4.69, 9.17) is 4.52 Å². The lowest BCUT2D eigenvalue weighted by molar-refractivity contribution is 0.0698. The number of carbonyl (C=O) groups is 1. The zero-order valence-corrected chi connectivity index (χ0v) is 15.8. The first kappa shape index (κ1) is 17.7. The number of fused-ring (bicyclic) bond motifs is 1. The van der Waals surface area contributed by atoms with Crippen LogP contribution in [0.25, 0.3) is 11.0 Å². The summed E-state index contributed by atoms with van der Waals surface area (Å²) in [6.45, 7) is 4.28. The molecular formula is C17H19N5O4S. The summed E-state index contributed by atoms with van der Waals surface area (Å²) in [5.41, 5.74) is 2.48. The third-order valence-corrected chi connectivity index (χ3v) is 6.90. The maximum absolute atomic E-state index is 12.9. The van der Waals surface area contributed by atoms with Gasteiger partial charge in [-0.1, -0.05) is 5.16 Å². The fourth-order valence-electron chi connectivity index (χ4n) is 3.35. The van der Waals surface area contributed by atoms with Gasteiger partial charge in [0.15, 0.2) is 5.76 Å². The van der Waals surface area contributed by atoms with Crippen molar-refractivity contribution in [1.82, 2.24) is 24.3 Å². The molecule has 0 atom stereocenters. The van der Waals surface area contributed by atoms with E-state index in [1.54, 1.807) is 43.3 Å². The molecule has 0 radical (unpaired) electrons. The number of benzene rings is 1. The Morgan fingerprint density at radius 1 is 1.19 bits per heavy atom. The SMILES string of the molecule is Cc1noc(C)c1S(=O)(=O)N1CCN(C(=O)c2ccc3nc[nH]c3c2)CC1. The van der Waals surface area contributed by atoms with Gasteiger partial charge in [0.2, 0.25) is 10.0 Å². The maximum atomic E-state index is 12.9. The van der Waals surface area contributed by atoms with Crippen LogP contribution >= 0.6 is 0 Å². The van der Waals surface area contributed by atoms with Crippen molar-refractivity contribution in [2.24, 2.45) is 0 Å². The Morgan fingerprint density at radius 3 is 2.59 bits per heavy atom. The molecule has 3 heterocycles. The third kappa shape index (κ3) is 3.00. The van der Waals surface area contributed by atoms with Gasteiger partial charge in [0.25, 0.3) is 5.91 Å². The summed E-state index contributed by atoms with van der Waals surface area (Å²) in [5.74, 6) is 0.153. The van der Waals surface area contributed by atoms with E-state index < -0.39 is 10.0 Å². The van der Waals surface area contributed by atoms with E-state index >= 15 is 0 Å². The molecule has 10 heteroatoms. The normalized spacial score (nSPS) is 16.1. The second-order valence-corrected chi connectivity index (χ2v) is 8.36. The van der Waals surface area contributed by atoms with Gasteiger partial charge in [-0.3, -0.25) is 4.79 Å². The van der Waals surface area contributed by atoms with Crippen LogP contribution in [0.4, 0.5) is 0 Å². The number of hydrogen-bond donors (Lipinski definition) is 1. The summed E-state index contributed by atoms with van der Waals surface area (Å²) in [4.78, 5) is 21.7. The van der Waals surface area contributed by atoms with Crippen LogP contribution in [0.15, 0.2) is 33.9 Å². The number of hydrogen-bond acceptors (Lipinski definition) is 6. The monoisotopic (exact) mass is 389 g/mol. The minimum Gasteiger partial charge on any atom is -0.360 e. The molecule has 1 amide bonds. The van der Waals surface area contributed by atoms with Crippen LogP contribution in [0.1, 0.15) is 21.8 Å². The molecule has 9 nitrogen and oxygen atoms in total. The summed E-state index contributed by atoms with van der Waals surface area (Å²) in [6, 6.07) is 5.29. The first-order valence-corrected chi connectivity index (χ1v) is 9.97. The molecule has 1 saturated heterocycles. The van der Waals surface area contributed by atoms with Gasteiger partial charge in [-0.25, -0.2) is 13.4 Å². The molecular weight excluding hydrogens is 370 g/mol. The van der Waals surface area contributed by atoms with Gasteiger partial charge in [0, 0.05) is 31.7 Å². The first-order chi connectivity index (χ1) is 12.9. The van der Waals surface area contributed by atoms with Crippen molar-refractivity contribution in [1.29, 1.82) is 0 Å². The second-order valence-electron chi connectivity index (χ2n) is 6.48. The van der Waals surface area contributed by atoms with Crippen LogP contribution in [0.2, 0.25) is 0 Å². The second kappa shape index (κ2) is 6.46. The van der Waals surface area contributed by atoms with Crippen molar-refractivity contribution >= 4 is 27.0 Å². The number of amides is 1. The molecule has 1 aliphatic heterocycles. The van der Waals surface area contributed by atoms with Crippen molar-refractivity contribution in [3.8, 4) is 0 Å². The molecule has 0 saturated carbocycles. The number of nitrogens with zero attached hydrogens (tertiary/aromatic N) is 4. The number of aryl methyl sites for hydroxylation is 2. The number of H-pyrrole nitrogens is 1. The van der Waals surface area contributed by atoms with Crippen LogP contribution in [-0.4, -0.2) is 64.8 Å². The summed E-state index contributed by atoms with van der Waals surface area (Å²) >= 11 is 0. The van der Waals surface area contributed by atoms with E-state index in [9.17, 15) is 13.2 Å². The molecule has 2 aromatic heterocycles. The summed E-state index contributed by atoms with van der Waals surface area (Å²) in [5, 5.41) is 3.73. The van der Waals surface area contributed by atoms with Gasteiger partial charge < -0.3 is 14.4 Å². The number of rotatable bonds is 3. The molecule has 0 bridgehead atoms. The van der Waals surface area contributed by atoms with Crippen molar-refractivity contribution in [3.05, 3.63) is 41.5 Å². The molecule has 1 fully saturated rings. The average Bonchev–Trinajstić information content (AvgIpc) is 3.26. The van der Waals surface area contributed by atoms with Crippen molar-refractivity contribution in [2.45, 2.75) is 18.7 Å². The lowest BCUT2D eigenvalue weighted by atomic mass is 10.1. The molecule has 3 aromatic rings. The van der Waals surface area contributed by atoms with Crippen molar-refractivity contribution in [2.75, 3.05) is 26.2 Å². The predicted molar refractivity (Wildman–Crippen MR) is 96.7 cm³/mol. The Balaban J connectivity index is 1.49. The average molecular weight is 389 g/mol. The standard InChI is InChI=1S/C17H19N5O4S/c1-11-16(12(2)26-20-11)27(24,25)22-7-5-21(6-8-22)17(23)13-3-4-14-15(9-13)19-10-18-14/h3-4,9-10H,5-8H2,1-2H3,(H,18,19). The van der Waals surface area contributed by atoms with Gasteiger partial charge in [0.1, 0.15) is 10.6 Å². The zero-order chi connectivity index (χ0) is 19.2. The Kier molecular flexibility index (Phi) is 4.23. The van der Waals surface area contributed by atoms with E-state index in [0.717, 1.165) is 11.0 Å². The molecule has 1 N–H and O–H groups in total. The molecule has 142 valence electrons. The maximum Gasteiger partial charge on any atom is 0.254 e. The molecule has 0 spiro atoms. The van der Waals surface area contributed by atoms with E-state index in [0.29, 0.717) is 24.3 Å². The Morgan fingerprint density at radius 2 is 1.93 bits per heavy atom. The van der Waals surface area contributed by atoms with Gasteiger partial charge in [-0.2, -0.15) is 4.31 Å². The largest absolute Gasteiger partial charge is 0.360 e. The Bertz CT molecular complexity index is 1090. The Hall–Kier alpha value is -2.72. The van der Waals surface area contributed by atoms with Crippen LogP contribution in [0, 0.1) is 13.8 Å². The Labute approximate surface area is 156 Å². The smallest absolute Gasteiger partial charge is 0.254 e. The van der Waals surface area contributed by atoms with Crippen LogP contribution in [-0.2, 0) is 10.0 Å². The van der Waals surface area contributed by atoms with Gasteiger partial charge in [-0.15, -0.1) is 0 Å². The van der Waals surface area contributed by atoms with Crippen LogP contribution in [0.3, 0.4) is 0 Å². The van der Waals surface area contributed by atoms with Crippen LogP contribution in [0.5, 0.6) is 0 Å². The van der Waals surface area contributed by atoms with Gasteiger partial charge >= 0.3 is 0 Å². The quantitative estimate of drug-likeness (QED) is 0.723. The minimum absolute atomic E-state index is 0.118. The lowest BCUT2D eigenvalue weighted by Gasteiger charge is -2.34. The van der Waals surface area contributed by atoms with E-state index in [2.05, 4.69) is 15.1 Å². The van der Waals surface area contributed by atoms with Crippen LogP contribution < -0.4 is 0 Å². The fraction of sp³-hybridized carbons (Fsp3) is 0.353. The number of piperazine rings is 1. The highest BCUT2D eigenvalue weighted by atomic mass is 32.2. The fourth-order valence-corrected chi connectivity index (χ4v) is 5.07. The molecule has 1 aliphatic rings. The highest BCUT2D eigenvalue weighted by Crippen LogP contribution is 2.24. The number of nitrogens with one attached hydrogen (secondary N) is 1. The van der Waals surface area contributed by atoms with Gasteiger partial charge in [-0.05, 0) is 32.0 Å². The molecule has 27 heavy (non-hydrogen) atoms. The number of carbonyl (C=O) groups excluding carboxylic acids is 1. The zero-order valence-electron chi connectivity index (χ0n) is 15.0. The number of sulfonamides is 1. The third-order valence-electron chi connectivity index (χ3n) is 4.76. The summed E-state index contributed by atoms with van der Waals surface area (Å²) < 4.78 is 32.1. The molecule has 1 aromatic carbocycles. The van der Waals surface area contributed by atoms with E-state index in [-0.39, 0.29) is 29.7 Å². The molecule has 4 rings (SSSR count). The van der Waals surface area contributed by atoms with Crippen molar-refractivity contribution < 1.29 is 17.7 Å². The summed E-state index contributed by atoms with van der Waals surface area (Å²) in [7, 11) is -3.69. The highest BCUT2D eigenvalue weighted by Gasteiger charge is 2.34. The summed E-state index contributed by atoms with van der Waals surface area (Å²) in [6.07, 6.45) is 1.58. The molecule has 0 aliphatic carbocycles.